The molecule has 0 fully saturated rings. The molecular weight excluding hydrogens is 354 g/mol. The Morgan fingerprint density at radius 2 is 1.52 bits per heavy atom. The fraction of sp³-hybridized carbons (Fsp3) is 0.318. The van der Waals surface area contributed by atoms with Crippen LogP contribution in [0.3, 0.4) is 0 Å². The lowest BCUT2D eigenvalue weighted by atomic mass is 10.1. The Labute approximate surface area is 163 Å². The first kappa shape index (κ1) is 21.1. The SMILES string of the molecule is C=C(C)c1ccc(C(=O)NCC[Si](OCC)(OCC)c2ccccc2)cc1. The first-order valence-corrected chi connectivity index (χ1v) is 11.4. The van der Waals surface area contributed by atoms with Crippen molar-refractivity contribution in [1.29, 1.82) is 0 Å². The van der Waals surface area contributed by atoms with E-state index in [0.717, 1.165) is 16.3 Å². The molecule has 0 aliphatic rings. The molecule has 0 saturated heterocycles. The molecule has 0 bridgehead atoms. The van der Waals surface area contributed by atoms with Crippen LogP contribution in [0.25, 0.3) is 5.57 Å². The number of rotatable bonds is 10. The van der Waals surface area contributed by atoms with E-state index in [4.69, 9.17) is 8.85 Å². The molecule has 0 atom stereocenters. The highest BCUT2D eigenvalue weighted by Gasteiger charge is 2.39. The summed E-state index contributed by atoms with van der Waals surface area (Å²) in [7, 11) is -2.59. The number of nitrogens with one attached hydrogen (secondary N) is 1. The van der Waals surface area contributed by atoms with Crippen LogP contribution in [0.15, 0.2) is 61.2 Å². The van der Waals surface area contributed by atoms with Crippen molar-refractivity contribution in [2.75, 3.05) is 19.8 Å². The summed E-state index contributed by atoms with van der Waals surface area (Å²) in [6.07, 6.45) is 0. The lowest BCUT2D eigenvalue weighted by Gasteiger charge is -2.30. The molecule has 0 saturated carbocycles. The van der Waals surface area contributed by atoms with Gasteiger partial charge in [-0.2, -0.15) is 0 Å². The summed E-state index contributed by atoms with van der Waals surface area (Å²) < 4.78 is 12.3. The molecule has 144 valence electrons. The fourth-order valence-corrected chi connectivity index (χ4v) is 6.09. The second-order valence-corrected chi connectivity index (χ2v) is 9.51. The monoisotopic (exact) mass is 383 g/mol. The van der Waals surface area contributed by atoms with Crippen molar-refractivity contribution in [3.8, 4) is 0 Å². The Kier molecular flexibility index (Phi) is 7.97. The van der Waals surface area contributed by atoms with E-state index in [9.17, 15) is 4.79 Å². The van der Waals surface area contributed by atoms with Crippen LogP contribution >= 0.6 is 0 Å². The molecule has 1 N–H and O–H groups in total. The van der Waals surface area contributed by atoms with Crippen LogP contribution in [-0.4, -0.2) is 34.2 Å². The molecule has 1 amide bonds. The molecule has 0 aromatic heterocycles. The van der Waals surface area contributed by atoms with Gasteiger partial charge in [0.25, 0.3) is 5.91 Å². The third-order valence-electron chi connectivity index (χ3n) is 4.35. The van der Waals surface area contributed by atoms with E-state index in [2.05, 4.69) is 24.0 Å². The Bertz CT molecular complexity index is 738. The third kappa shape index (κ3) is 5.63. The molecule has 4 nitrogen and oxygen atoms in total. The van der Waals surface area contributed by atoms with Crippen molar-refractivity contribution < 1.29 is 13.6 Å². The van der Waals surface area contributed by atoms with Gasteiger partial charge in [0.2, 0.25) is 0 Å². The molecule has 0 spiro atoms. The largest absolute Gasteiger partial charge is 0.391 e. The van der Waals surface area contributed by atoms with Crippen LogP contribution in [0.2, 0.25) is 6.04 Å². The normalized spacial score (nSPS) is 11.2. The van der Waals surface area contributed by atoms with Crippen molar-refractivity contribution in [3.63, 3.8) is 0 Å². The maximum absolute atomic E-state index is 12.5. The van der Waals surface area contributed by atoms with E-state index < -0.39 is 8.56 Å². The van der Waals surface area contributed by atoms with Crippen molar-refractivity contribution in [2.45, 2.75) is 26.8 Å². The minimum atomic E-state index is -2.59. The number of amides is 1. The zero-order valence-electron chi connectivity index (χ0n) is 16.5. The number of carbonyl (C=O) groups excluding carboxylic acids is 1. The summed E-state index contributed by atoms with van der Waals surface area (Å²) >= 11 is 0. The Balaban J connectivity index is 2.06. The predicted molar refractivity (Wildman–Crippen MR) is 113 cm³/mol. The van der Waals surface area contributed by atoms with Gasteiger partial charge < -0.3 is 14.2 Å². The second kappa shape index (κ2) is 10.2. The first-order valence-electron chi connectivity index (χ1n) is 9.40. The van der Waals surface area contributed by atoms with Gasteiger partial charge >= 0.3 is 8.56 Å². The Morgan fingerprint density at radius 1 is 0.963 bits per heavy atom. The molecule has 27 heavy (non-hydrogen) atoms. The van der Waals surface area contributed by atoms with Crippen molar-refractivity contribution in [2.24, 2.45) is 0 Å². The summed E-state index contributed by atoms with van der Waals surface area (Å²) in [6, 6.07) is 18.2. The number of carbonyl (C=O) groups is 1. The molecular formula is C22H29NO3Si. The van der Waals surface area contributed by atoms with E-state index in [-0.39, 0.29) is 5.91 Å². The smallest absolute Gasteiger partial charge is 0.374 e. The molecule has 0 radical (unpaired) electrons. The third-order valence-corrected chi connectivity index (χ3v) is 7.98. The quantitative estimate of drug-likeness (QED) is 0.634. The Morgan fingerprint density at radius 3 is 2.04 bits per heavy atom. The average molecular weight is 384 g/mol. The van der Waals surface area contributed by atoms with Gasteiger partial charge in [0.15, 0.2) is 0 Å². The summed E-state index contributed by atoms with van der Waals surface area (Å²) in [5.41, 5.74) is 2.66. The summed E-state index contributed by atoms with van der Waals surface area (Å²) in [5, 5.41) is 4.09. The minimum absolute atomic E-state index is 0.0905. The lowest BCUT2D eigenvalue weighted by Crippen LogP contribution is -2.55. The standard InChI is InChI=1S/C22H29NO3Si/c1-5-25-27(26-6-2,21-10-8-7-9-11-21)17-16-23-22(24)20-14-12-19(13-15-20)18(3)4/h7-15H,3,5-6,16-17H2,1-2,4H3,(H,23,24). The molecule has 2 aromatic rings. The highest BCUT2D eigenvalue weighted by atomic mass is 28.4. The fourth-order valence-electron chi connectivity index (χ4n) is 3.00. The maximum Gasteiger partial charge on any atom is 0.374 e. The highest BCUT2D eigenvalue weighted by Crippen LogP contribution is 2.15. The highest BCUT2D eigenvalue weighted by molar-refractivity contribution is 6.81. The van der Waals surface area contributed by atoms with Gasteiger partial charge in [0.1, 0.15) is 0 Å². The van der Waals surface area contributed by atoms with Gasteiger partial charge in [-0.15, -0.1) is 0 Å². The zero-order chi connectivity index (χ0) is 19.7. The molecule has 0 unspecified atom stereocenters. The van der Waals surface area contributed by atoms with E-state index in [1.807, 2.05) is 63.2 Å². The van der Waals surface area contributed by atoms with Crippen molar-refractivity contribution in [1.82, 2.24) is 5.32 Å². The van der Waals surface area contributed by atoms with Crippen LogP contribution in [0, 0.1) is 0 Å². The molecule has 2 rings (SSSR count). The summed E-state index contributed by atoms with van der Waals surface area (Å²) in [4.78, 5) is 12.5. The van der Waals surface area contributed by atoms with Crippen molar-refractivity contribution >= 4 is 25.2 Å². The van der Waals surface area contributed by atoms with E-state index in [1.54, 1.807) is 0 Å². The second-order valence-electron chi connectivity index (χ2n) is 6.35. The van der Waals surface area contributed by atoms with Gasteiger partial charge in [0.05, 0.1) is 0 Å². The van der Waals surface area contributed by atoms with Gasteiger partial charge in [-0.25, -0.2) is 0 Å². The first-order chi connectivity index (χ1) is 13.0. The van der Waals surface area contributed by atoms with E-state index in [0.29, 0.717) is 31.4 Å². The topological polar surface area (TPSA) is 47.6 Å². The van der Waals surface area contributed by atoms with Gasteiger partial charge in [-0.3, -0.25) is 4.79 Å². The lowest BCUT2D eigenvalue weighted by molar-refractivity contribution is 0.0954. The maximum atomic E-state index is 12.5. The summed E-state index contributed by atoms with van der Waals surface area (Å²) in [5.74, 6) is -0.0905. The van der Waals surface area contributed by atoms with Gasteiger partial charge in [-0.05, 0) is 43.7 Å². The molecule has 0 heterocycles. The number of hydrogen-bond donors (Lipinski definition) is 1. The number of benzene rings is 2. The van der Waals surface area contributed by atoms with Crippen molar-refractivity contribution in [3.05, 3.63) is 72.3 Å². The van der Waals surface area contributed by atoms with E-state index >= 15 is 0 Å². The van der Waals surface area contributed by atoms with Gasteiger partial charge in [0, 0.05) is 31.4 Å². The average Bonchev–Trinajstić information content (AvgIpc) is 2.69. The molecule has 0 aliphatic carbocycles. The van der Waals surface area contributed by atoms with Gasteiger partial charge in [-0.1, -0.05) is 54.6 Å². The predicted octanol–water partition coefficient (Wildman–Crippen LogP) is 3.87. The minimum Gasteiger partial charge on any atom is -0.391 e. The summed E-state index contributed by atoms with van der Waals surface area (Å²) in [6.45, 7) is 11.5. The van der Waals surface area contributed by atoms with E-state index in [1.165, 1.54) is 0 Å². The van der Waals surface area contributed by atoms with Crippen LogP contribution in [0.4, 0.5) is 0 Å². The number of allylic oxidation sites excluding steroid dienone is 1. The Hall–Kier alpha value is -2.21. The van der Waals surface area contributed by atoms with Crippen LogP contribution in [0.5, 0.6) is 0 Å². The molecule has 5 heteroatoms. The molecule has 2 aromatic carbocycles. The van der Waals surface area contributed by atoms with Crippen LogP contribution in [-0.2, 0) is 8.85 Å². The van der Waals surface area contributed by atoms with Crippen LogP contribution < -0.4 is 10.5 Å². The molecule has 0 aliphatic heterocycles. The van der Waals surface area contributed by atoms with Crippen LogP contribution in [0.1, 0.15) is 36.7 Å². The number of hydrogen-bond acceptors (Lipinski definition) is 3. The zero-order valence-corrected chi connectivity index (χ0v) is 17.5.